The maximum Gasteiger partial charge on any atom is 0.310 e. The van der Waals surface area contributed by atoms with Gasteiger partial charge >= 0.3 is 5.97 Å². The van der Waals surface area contributed by atoms with Gasteiger partial charge in [0.2, 0.25) is 0 Å². The molecular weight excluding hydrogens is 292 g/mol. The van der Waals surface area contributed by atoms with Crippen LogP contribution in [0.3, 0.4) is 0 Å². The SMILES string of the molecule is CCNC(=NCC1CCCN(C)C1)N1CC(C)C(C(=O)OC)C1. The molecule has 2 aliphatic heterocycles. The van der Waals surface area contributed by atoms with Crippen LogP contribution in [0.25, 0.3) is 0 Å². The Morgan fingerprint density at radius 3 is 2.78 bits per heavy atom. The van der Waals surface area contributed by atoms with Gasteiger partial charge in [0.1, 0.15) is 0 Å². The lowest BCUT2D eigenvalue weighted by molar-refractivity contribution is -0.145. The molecule has 2 fully saturated rings. The van der Waals surface area contributed by atoms with E-state index >= 15 is 0 Å². The van der Waals surface area contributed by atoms with Gasteiger partial charge in [-0.05, 0) is 45.2 Å². The number of esters is 1. The smallest absolute Gasteiger partial charge is 0.310 e. The molecule has 1 N–H and O–H groups in total. The van der Waals surface area contributed by atoms with Crippen molar-refractivity contribution in [2.24, 2.45) is 22.7 Å². The zero-order valence-corrected chi connectivity index (χ0v) is 15.0. The van der Waals surface area contributed by atoms with Gasteiger partial charge in [-0.3, -0.25) is 9.79 Å². The molecule has 0 saturated carbocycles. The van der Waals surface area contributed by atoms with E-state index in [2.05, 4.69) is 36.0 Å². The molecule has 2 heterocycles. The Balaban J connectivity index is 1.97. The van der Waals surface area contributed by atoms with E-state index in [0.717, 1.165) is 32.1 Å². The van der Waals surface area contributed by atoms with Crippen molar-refractivity contribution in [2.45, 2.75) is 26.7 Å². The summed E-state index contributed by atoms with van der Waals surface area (Å²) < 4.78 is 4.93. The molecule has 0 bridgehead atoms. The number of hydrogen-bond acceptors (Lipinski definition) is 4. The molecule has 23 heavy (non-hydrogen) atoms. The standard InChI is InChI=1S/C17H32N4O2/c1-5-18-17(19-9-14-7-6-8-20(3)11-14)21-10-13(2)15(12-21)16(22)23-4/h13-15H,5-12H2,1-4H3,(H,18,19). The van der Waals surface area contributed by atoms with Crippen LogP contribution in [0.5, 0.6) is 0 Å². The van der Waals surface area contributed by atoms with Gasteiger partial charge in [-0.1, -0.05) is 6.92 Å². The summed E-state index contributed by atoms with van der Waals surface area (Å²) in [5, 5.41) is 3.38. The Morgan fingerprint density at radius 2 is 2.13 bits per heavy atom. The highest BCUT2D eigenvalue weighted by Crippen LogP contribution is 2.24. The van der Waals surface area contributed by atoms with Crippen molar-refractivity contribution in [3.05, 3.63) is 0 Å². The van der Waals surface area contributed by atoms with Crippen LogP contribution in [-0.2, 0) is 9.53 Å². The van der Waals surface area contributed by atoms with Gasteiger partial charge in [-0.25, -0.2) is 0 Å². The second kappa shape index (κ2) is 8.52. The van der Waals surface area contributed by atoms with Gasteiger partial charge < -0.3 is 19.9 Å². The molecule has 0 spiro atoms. The van der Waals surface area contributed by atoms with E-state index in [1.54, 1.807) is 0 Å². The van der Waals surface area contributed by atoms with E-state index in [0.29, 0.717) is 18.4 Å². The van der Waals surface area contributed by atoms with Crippen LogP contribution in [0.15, 0.2) is 4.99 Å². The summed E-state index contributed by atoms with van der Waals surface area (Å²) >= 11 is 0. The molecule has 0 aliphatic carbocycles. The number of ether oxygens (including phenoxy) is 1. The van der Waals surface area contributed by atoms with Gasteiger partial charge in [-0.2, -0.15) is 0 Å². The number of methoxy groups -OCH3 is 1. The predicted molar refractivity (Wildman–Crippen MR) is 92.4 cm³/mol. The van der Waals surface area contributed by atoms with Crippen LogP contribution in [0.4, 0.5) is 0 Å². The first-order valence-electron chi connectivity index (χ1n) is 8.84. The summed E-state index contributed by atoms with van der Waals surface area (Å²) in [5.41, 5.74) is 0. The van der Waals surface area contributed by atoms with Crippen molar-refractivity contribution < 1.29 is 9.53 Å². The van der Waals surface area contributed by atoms with Gasteiger partial charge in [0, 0.05) is 32.7 Å². The zero-order valence-electron chi connectivity index (χ0n) is 15.0. The minimum Gasteiger partial charge on any atom is -0.469 e. The lowest BCUT2D eigenvalue weighted by Gasteiger charge is -2.29. The minimum absolute atomic E-state index is 0.0512. The largest absolute Gasteiger partial charge is 0.469 e. The molecular formula is C17H32N4O2. The fourth-order valence-electron chi connectivity index (χ4n) is 3.66. The summed E-state index contributed by atoms with van der Waals surface area (Å²) in [5.74, 6) is 1.72. The highest BCUT2D eigenvalue weighted by Gasteiger charge is 2.36. The predicted octanol–water partition coefficient (Wildman–Crippen LogP) is 1.03. The van der Waals surface area contributed by atoms with E-state index in [1.165, 1.54) is 26.5 Å². The number of nitrogens with one attached hydrogen (secondary N) is 1. The zero-order chi connectivity index (χ0) is 16.8. The third-order valence-corrected chi connectivity index (χ3v) is 4.97. The fraction of sp³-hybridized carbons (Fsp3) is 0.882. The van der Waals surface area contributed by atoms with E-state index in [9.17, 15) is 4.79 Å². The van der Waals surface area contributed by atoms with Gasteiger partial charge in [0.05, 0.1) is 13.0 Å². The lowest BCUT2D eigenvalue weighted by Crippen LogP contribution is -2.41. The van der Waals surface area contributed by atoms with Gasteiger partial charge in [0.25, 0.3) is 0 Å². The molecule has 0 aromatic carbocycles. The number of likely N-dealkylation sites (tertiary alicyclic amines) is 2. The van der Waals surface area contributed by atoms with Crippen LogP contribution >= 0.6 is 0 Å². The fourth-order valence-corrected chi connectivity index (χ4v) is 3.66. The van der Waals surface area contributed by atoms with E-state index in [-0.39, 0.29) is 11.9 Å². The normalized spacial score (nSPS) is 29.7. The van der Waals surface area contributed by atoms with Gasteiger partial charge in [0.15, 0.2) is 5.96 Å². The van der Waals surface area contributed by atoms with Crippen molar-refractivity contribution in [1.29, 1.82) is 0 Å². The topological polar surface area (TPSA) is 57.2 Å². The van der Waals surface area contributed by atoms with Crippen LogP contribution in [0.2, 0.25) is 0 Å². The number of rotatable bonds is 4. The maximum absolute atomic E-state index is 11.9. The van der Waals surface area contributed by atoms with E-state index in [4.69, 9.17) is 9.73 Å². The molecule has 6 heteroatoms. The first kappa shape index (κ1) is 18.0. The summed E-state index contributed by atoms with van der Waals surface area (Å²) in [6.07, 6.45) is 2.52. The summed E-state index contributed by atoms with van der Waals surface area (Å²) in [6.45, 7) is 9.79. The first-order valence-corrected chi connectivity index (χ1v) is 8.84. The highest BCUT2D eigenvalue weighted by molar-refractivity contribution is 5.82. The van der Waals surface area contributed by atoms with E-state index < -0.39 is 0 Å². The Kier molecular flexibility index (Phi) is 6.69. The van der Waals surface area contributed by atoms with Crippen LogP contribution in [0, 0.1) is 17.8 Å². The third kappa shape index (κ3) is 4.83. The number of aliphatic imine (C=N–C) groups is 1. The molecule has 3 unspecified atom stereocenters. The van der Waals surface area contributed by atoms with Crippen molar-refractivity contribution >= 4 is 11.9 Å². The Bertz CT molecular complexity index is 427. The first-order chi connectivity index (χ1) is 11.0. The molecule has 132 valence electrons. The number of carbonyl (C=O) groups excluding carboxylic acids is 1. The molecule has 3 atom stereocenters. The third-order valence-electron chi connectivity index (χ3n) is 4.97. The molecule has 0 amide bonds. The van der Waals surface area contributed by atoms with Crippen LogP contribution in [-0.4, -0.2) is 75.2 Å². The summed E-state index contributed by atoms with van der Waals surface area (Å²) in [4.78, 5) is 21.3. The number of nitrogens with zero attached hydrogens (tertiary/aromatic N) is 3. The summed E-state index contributed by atoms with van der Waals surface area (Å²) in [7, 11) is 3.65. The molecule has 2 aliphatic rings. The Labute approximate surface area is 140 Å². The Hall–Kier alpha value is -1.30. The average Bonchev–Trinajstić information content (AvgIpc) is 2.92. The number of hydrogen-bond donors (Lipinski definition) is 1. The number of carbonyl (C=O) groups is 1. The second-order valence-corrected chi connectivity index (χ2v) is 6.98. The van der Waals surface area contributed by atoms with Gasteiger partial charge in [-0.15, -0.1) is 0 Å². The quantitative estimate of drug-likeness (QED) is 0.476. The average molecular weight is 324 g/mol. The second-order valence-electron chi connectivity index (χ2n) is 6.98. The van der Waals surface area contributed by atoms with Crippen molar-refractivity contribution in [3.8, 4) is 0 Å². The molecule has 6 nitrogen and oxygen atoms in total. The Morgan fingerprint density at radius 1 is 1.35 bits per heavy atom. The van der Waals surface area contributed by atoms with Crippen molar-refractivity contribution in [1.82, 2.24) is 15.1 Å². The summed E-state index contributed by atoms with van der Waals surface area (Å²) in [6, 6.07) is 0. The molecule has 0 aromatic heterocycles. The molecule has 0 aromatic rings. The molecule has 2 rings (SSSR count). The van der Waals surface area contributed by atoms with Crippen LogP contribution < -0.4 is 5.32 Å². The highest BCUT2D eigenvalue weighted by atomic mass is 16.5. The van der Waals surface area contributed by atoms with Crippen molar-refractivity contribution in [3.63, 3.8) is 0 Å². The monoisotopic (exact) mass is 324 g/mol. The number of guanidine groups is 1. The maximum atomic E-state index is 11.9. The van der Waals surface area contributed by atoms with E-state index in [1.807, 2.05) is 0 Å². The molecule has 0 radical (unpaired) electrons. The minimum atomic E-state index is -0.107. The van der Waals surface area contributed by atoms with Crippen LogP contribution in [0.1, 0.15) is 26.7 Å². The van der Waals surface area contributed by atoms with Crippen molar-refractivity contribution in [2.75, 3.05) is 53.4 Å². The number of piperidine rings is 1. The molecule has 2 saturated heterocycles. The lowest BCUT2D eigenvalue weighted by atomic mass is 9.99.